The fourth-order valence-electron chi connectivity index (χ4n) is 2.25. The zero-order valence-electron chi connectivity index (χ0n) is 11.7. The normalized spacial score (nSPS) is 16.2. The lowest BCUT2D eigenvalue weighted by Crippen LogP contribution is -2.39. The van der Waals surface area contributed by atoms with Gasteiger partial charge in [0.1, 0.15) is 5.75 Å². The van der Waals surface area contributed by atoms with E-state index in [0.717, 1.165) is 24.3 Å². The molecule has 13 heteroatoms. The first-order valence-electron chi connectivity index (χ1n) is 6.11. The molecule has 0 aliphatic rings. The second kappa shape index (κ2) is 7.02. The average Bonchev–Trinajstić information content (AvgIpc) is 2.34. The van der Waals surface area contributed by atoms with Crippen LogP contribution in [0.25, 0.3) is 0 Å². The summed E-state index contributed by atoms with van der Waals surface area (Å²) in [5.41, 5.74) is -5.80. The van der Waals surface area contributed by atoms with E-state index < -0.39 is 44.4 Å². The van der Waals surface area contributed by atoms with E-state index in [4.69, 9.17) is 10.2 Å². The van der Waals surface area contributed by atoms with Gasteiger partial charge in [0.05, 0.1) is 0 Å². The number of hydrogen-bond donors (Lipinski definition) is 7. The molecule has 0 saturated heterocycles. The smallest absolute Gasteiger partial charge is 0.340 e. The van der Waals surface area contributed by atoms with Crippen LogP contribution in [0.15, 0.2) is 24.3 Å². The van der Waals surface area contributed by atoms with Gasteiger partial charge in [0.25, 0.3) is 0 Å². The van der Waals surface area contributed by atoms with Gasteiger partial charge in [-0.3, -0.25) is 18.7 Å². The first kappa shape index (κ1) is 20.3. The second-order valence-electron chi connectivity index (χ2n) is 4.86. The standard InChI is InChI=1S/C11H14O11P2/c12-6-3-1-5(2-4-6)7(8(10(13)14)23(17,18)19)9(11(15)16)24(20,21)22/h1-4,7-9,12H,(H,13,14)(H,15,16)(H2,17,18,19)(H2,20,21,22). The molecule has 0 spiro atoms. The van der Waals surface area contributed by atoms with Crippen molar-refractivity contribution in [3.05, 3.63) is 29.8 Å². The number of phenolic OH excluding ortho intramolecular Hbond substituents is 1. The first-order chi connectivity index (χ1) is 10.8. The Morgan fingerprint density at radius 1 is 0.792 bits per heavy atom. The van der Waals surface area contributed by atoms with Crippen molar-refractivity contribution in [1.82, 2.24) is 0 Å². The molecule has 1 aromatic carbocycles. The Hall–Kier alpha value is -1.74. The monoisotopic (exact) mass is 384 g/mol. The van der Waals surface area contributed by atoms with Crippen molar-refractivity contribution >= 4 is 27.1 Å². The van der Waals surface area contributed by atoms with E-state index in [1.165, 1.54) is 0 Å². The quantitative estimate of drug-likeness (QED) is 0.304. The molecule has 1 aromatic rings. The minimum absolute atomic E-state index is 0.330. The van der Waals surface area contributed by atoms with Crippen LogP contribution in [0.4, 0.5) is 0 Å². The number of carboxylic acids is 2. The maximum absolute atomic E-state index is 11.5. The Kier molecular flexibility index (Phi) is 5.94. The van der Waals surface area contributed by atoms with Crippen LogP contribution in [0.2, 0.25) is 0 Å². The summed E-state index contributed by atoms with van der Waals surface area (Å²) in [5, 5.41) is 27.4. The molecule has 0 aliphatic carbocycles. The molecule has 0 heterocycles. The van der Waals surface area contributed by atoms with Gasteiger partial charge in [0.2, 0.25) is 0 Å². The van der Waals surface area contributed by atoms with Gasteiger partial charge < -0.3 is 34.9 Å². The van der Waals surface area contributed by atoms with Crippen LogP contribution < -0.4 is 0 Å². The molecule has 11 nitrogen and oxygen atoms in total. The molecule has 7 N–H and O–H groups in total. The topological polar surface area (TPSA) is 210 Å². The second-order valence-corrected chi connectivity index (χ2v) is 8.33. The number of aromatic hydroxyl groups is 1. The van der Waals surface area contributed by atoms with Gasteiger partial charge in [0, 0.05) is 5.92 Å². The molecule has 2 unspecified atom stereocenters. The van der Waals surface area contributed by atoms with Crippen molar-refractivity contribution in [3.63, 3.8) is 0 Å². The first-order valence-corrected chi connectivity index (χ1v) is 9.48. The van der Waals surface area contributed by atoms with Gasteiger partial charge >= 0.3 is 27.1 Å². The lowest BCUT2D eigenvalue weighted by molar-refractivity contribution is -0.139. The molecule has 0 saturated carbocycles. The molecule has 0 amide bonds. The Morgan fingerprint density at radius 3 is 1.38 bits per heavy atom. The SMILES string of the molecule is O=C(O)C(C(c1ccc(O)cc1)C(C(=O)O)P(=O)(O)O)P(=O)(O)O. The Morgan fingerprint density at radius 2 is 1.12 bits per heavy atom. The number of hydrogen-bond acceptors (Lipinski definition) is 5. The summed E-state index contributed by atoms with van der Waals surface area (Å²) in [6.07, 6.45) is 0. The highest BCUT2D eigenvalue weighted by Crippen LogP contribution is 2.56. The summed E-state index contributed by atoms with van der Waals surface area (Å²) in [6.45, 7) is 0. The summed E-state index contributed by atoms with van der Waals surface area (Å²) >= 11 is 0. The highest BCUT2D eigenvalue weighted by atomic mass is 31.2. The third-order valence-corrected chi connectivity index (χ3v) is 5.72. The molecule has 24 heavy (non-hydrogen) atoms. The number of carbonyl (C=O) groups is 2. The van der Waals surface area contributed by atoms with Crippen molar-refractivity contribution in [2.75, 3.05) is 0 Å². The van der Waals surface area contributed by atoms with E-state index in [2.05, 4.69) is 0 Å². The fourth-order valence-corrected chi connectivity index (χ4v) is 4.48. The summed E-state index contributed by atoms with van der Waals surface area (Å²) in [7, 11) is -11.0. The Labute approximate surface area is 134 Å². The molecule has 134 valence electrons. The van der Waals surface area contributed by atoms with Gasteiger partial charge in [-0.15, -0.1) is 0 Å². The molecular weight excluding hydrogens is 370 g/mol. The Bertz CT molecular complexity index is 676. The predicted molar refractivity (Wildman–Crippen MR) is 77.8 cm³/mol. The van der Waals surface area contributed by atoms with Crippen molar-refractivity contribution in [1.29, 1.82) is 0 Å². The van der Waals surface area contributed by atoms with Crippen molar-refractivity contribution in [2.24, 2.45) is 0 Å². The van der Waals surface area contributed by atoms with Crippen LogP contribution in [0, 0.1) is 0 Å². The van der Waals surface area contributed by atoms with E-state index in [9.17, 15) is 43.4 Å². The van der Waals surface area contributed by atoms with Gasteiger partial charge in [0.15, 0.2) is 11.3 Å². The van der Waals surface area contributed by atoms with Gasteiger partial charge in [-0.2, -0.15) is 0 Å². The minimum atomic E-state index is -5.50. The van der Waals surface area contributed by atoms with Gasteiger partial charge in [-0.1, -0.05) is 12.1 Å². The van der Waals surface area contributed by atoms with Crippen LogP contribution in [0.5, 0.6) is 5.75 Å². The molecular formula is C11H14O11P2. The zero-order valence-corrected chi connectivity index (χ0v) is 13.5. The summed E-state index contributed by atoms with van der Waals surface area (Å²) in [6, 6.07) is 3.77. The lowest BCUT2D eigenvalue weighted by Gasteiger charge is -2.30. The fraction of sp³-hybridized carbons (Fsp3) is 0.273. The number of benzene rings is 1. The molecule has 2 atom stereocenters. The zero-order chi connectivity index (χ0) is 18.9. The number of phenols is 1. The maximum Gasteiger partial charge on any atom is 0.340 e. The van der Waals surface area contributed by atoms with E-state index >= 15 is 0 Å². The number of rotatable bonds is 7. The Balaban J connectivity index is 3.71. The third-order valence-electron chi connectivity index (χ3n) is 3.19. The highest BCUT2D eigenvalue weighted by Gasteiger charge is 2.54. The third kappa shape index (κ3) is 4.64. The molecule has 0 radical (unpaired) electrons. The van der Waals surface area contributed by atoms with Gasteiger partial charge in [-0.05, 0) is 17.7 Å². The summed E-state index contributed by atoms with van der Waals surface area (Å²) < 4.78 is 23.1. The van der Waals surface area contributed by atoms with Crippen molar-refractivity contribution in [2.45, 2.75) is 17.2 Å². The average molecular weight is 384 g/mol. The summed E-state index contributed by atoms with van der Waals surface area (Å²) in [5.74, 6) is -6.83. The van der Waals surface area contributed by atoms with Crippen LogP contribution in [-0.4, -0.2) is 58.1 Å². The lowest BCUT2D eigenvalue weighted by atomic mass is 9.91. The molecule has 0 bridgehead atoms. The largest absolute Gasteiger partial charge is 0.508 e. The summed E-state index contributed by atoms with van der Waals surface area (Å²) in [4.78, 5) is 59.7. The van der Waals surface area contributed by atoms with Crippen LogP contribution in [-0.2, 0) is 18.7 Å². The highest BCUT2D eigenvalue weighted by molar-refractivity contribution is 7.55. The van der Waals surface area contributed by atoms with Crippen LogP contribution in [0.3, 0.4) is 0 Å². The number of carboxylic acid groups (broad SMARTS) is 2. The van der Waals surface area contributed by atoms with E-state index in [1.807, 2.05) is 0 Å². The van der Waals surface area contributed by atoms with Crippen LogP contribution in [0.1, 0.15) is 11.5 Å². The van der Waals surface area contributed by atoms with Crippen molar-refractivity contribution < 1.29 is 53.6 Å². The van der Waals surface area contributed by atoms with E-state index in [0.29, 0.717) is 0 Å². The molecule has 0 aromatic heterocycles. The van der Waals surface area contributed by atoms with E-state index in [1.54, 1.807) is 0 Å². The predicted octanol–water partition coefficient (Wildman–Crippen LogP) is -0.262. The van der Waals surface area contributed by atoms with Gasteiger partial charge in [-0.25, -0.2) is 0 Å². The maximum atomic E-state index is 11.5. The number of aliphatic carboxylic acids is 2. The van der Waals surface area contributed by atoms with E-state index in [-0.39, 0.29) is 11.3 Å². The van der Waals surface area contributed by atoms with Crippen LogP contribution >= 0.6 is 15.2 Å². The van der Waals surface area contributed by atoms with Crippen molar-refractivity contribution in [3.8, 4) is 5.75 Å². The molecule has 0 fully saturated rings. The molecule has 1 rings (SSSR count). The minimum Gasteiger partial charge on any atom is -0.508 e. The molecule has 0 aliphatic heterocycles.